The third-order valence-corrected chi connectivity index (χ3v) is 19.4. The summed E-state index contributed by atoms with van der Waals surface area (Å²) in [7, 11) is 0. The molecule has 0 aliphatic carbocycles. The maximum atomic E-state index is 13.1. The molecule has 105 heavy (non-hydrogen) atoms. The van der Waals surface area contributed by atoms with Crippen LogP contribution in [0.25, 0.3) is 65.7 Å². The Morgan fingerprint density at radius 2 is 0.581 bits per heavy atom. The number of hydrogen-bond acceptors (Lipinski definition) is 15. The number of carbonyl (C=O) groups excluding carboxylic acids is 6. The number of aromatic amines is 3. The van der Waals surface area contributed by atoms with Gasteiger partial charge in [-0.2, -0.15) is 0 Å². The highest BCUT2D eigenvalue weighted by molar-refractivity contribution is 6.06. The smallest absolute Gasteiger partial charge is 0.262 e. The van der Waals surface area contributed by atoms with Gasteiger partial charge in [-0.15, -0.1) is 0 Å². The van der Waals surface area contributed by atoms with Gasteiger partial charge >= 0.3 is 0 Å². The zero-order valence-electron chi connectivity index (χ0n) is 56.1. The van der Waals surface area contributed by atoms with Crippen molar-refractivity contribution in [2.24, 2.45) is 0 Å². The molecule has 3 unspecified atom stereocenters. The number of pyridine rings is 3. The summed E-state index contributed by atoms with van der Waals surface area (Å²) in [4.78, 5) is 124. The van der Waals surface area contributed by atoms with Gasteiger partial charge in [-0.25, -0.2) is 0 Å². The summed E-state index contributed by atoms with van der Waals surface area (Å²) in [6, 6.07) is 61.1. The molecule has 9 aromatic carbocycles. The van der Waals surface area contributed by atoms with Crippen LogP contribution in [-0.4, -0.2) is 108 Å². The molecule has 3 fully saturated rings. The Balaban J connectivity index is 0.000000121. The molecule has 12 aromatic rings. The lowest BCUT2D eigenvalue weighted by Crippen LogP contribution is -2.33. The predicted octanol–water partition coefficient (Wildman–Crippen LogP) is 11.2. The second-order valence-corrected chi connectivity index (χ2v) is 25.9. The predicted molar refractivity (Wildman–Crippen MR) is 405 cm³/mol. The van der Waals surface area contributed by atoms with Gasteiger partial charge in [0.05, 0.1) is 17.1 Å². The second kappa shape index (κ2) is 28.0. The van der Waals surface area contributed by atoms with E-state index in [1.165, 1.54) is 0 Å². The summed E-state index contributed by atoms with van der Waals surface area (Å²) < 4.78 is 16.4. The first kappa shape index (κ1) is 65.8. The molecule has 9 N–H and O–H groups in total. The van der Waals surface area contributed by atoms with Crippen LogP contribution in [0.15, 0.2) is 233 Å². The Hall–Kier alpha value is -13.8. The standard InChI is InChI=1S/3C27H22N4O4/c3*32-25-15-35-24-13-17(7-10-22(24)30-25)29-23-11-12-31(27(23)34)18-8-5-16(6-9-18)21-14-28-26(33)20-4-2-1-3-19(20)21/h3*1-10,13-14,23,29H,11-12,15H2,(H,28,33)(H,30,32). The van der Waals surface area contributed by atoms with E-state index in [1.54, 1.807) is 69.7 Å². The summed E-state index contributed by atoms with van der Waals surface area (Å²) in [6.07, 6.45) is 7.19. The van der Waals surface area contributed by atoms with E-state index < -0.39 is 0 Å². The van der Waals surface area contributed by atoms with Gasteiger partial charge in [0.25, 0.3) is 34.4 Å². The molecule has 3 aromatic heterocycles. The molecule has 6 aliphatic heterocycles. The molecule has 0 saturated carbocycles. The van der Waals surface area contributed by atoms with Crippen molar-refractivity contribution in [2.75, 3.05) is 86.1 Å². The molecule has 18 rings (SSSR count). The lowest BCUT2D eigenvalue weighted by molar-refractivity contribution is -0.119. The fourth-order valence-corrected chi connectivity index (χ4v) is 14.1. The highest BCUT2D eigenvalue weighted by atomic mass is 16.5. The van der Waals surface area contributed by atoms with Gasteiger partial charge in [-0.05, 0) is 143 Å². The average Bonchev–Trinajstić information content (AvgIpc) is 1.72. The van der Waals surface area contributed by atoms with E-state index >= 15 is 0 Å². The maximum Gasteiger partial charge on any atom is 0.262 e. The number of H-pyrrole nitrogens is 3. The molecule has 24 heteroatoms. The lowest BCUT2D eigenvalue weighted by Gasteiger charge is -2.21. The zero-order valence-corrected chi connectivity index (χ0v) is 56.1. The SMILES string of the molecule is O=C1COc2cc(NC3CCN(c4ccc(-c5c[nH]c(=O)c6ccccc56)cc4)C3=O)ccc2N1.O=C1COc2cc(NC3CCN(c4ccc(-c5c[nH]c(=O)c6ccccc56)cc4)C3=O)ccc2N1.O=C1COc2cc(NC3CCN(c4ccc(-c5c[nH]c(=O)c6ccccc56)cc4)C3=O)ccc2N1. The Kier molecular flexibility index (Phi) is 17.5. The fourth-order valence-electron chi connectivity index (χ4n) is 14.1. The molecule has 0 spiro atoms. The van der Waals surface area contributed by atoms with Crippen LogP contribution in [0.1, 0.15) is 19.3 Å². The molecular formula is C81H66N12O12. The van der Waals surface area contributed by atoms with E-state index in [0.29, 0.717) is 89.4 Å². The minimum atomic E-state index is -0.353. The van der Waals surface area contributed by atoms with Crippen LogP contribution in [0.4, 0.5) is 51.2 Å². The summed E-state index contributed by atoms with van der Waals surface area (Å²) in [5, 5.41) is 22.8. The van der Waals surface area contributed by atoms with Crippen molar-refractivity contribution >= 4 is 119 Å². The molecule has 0 radical (unpaired) electrons. The first-order valence-corrected chi connectivity index (χ1v) is 34.3. The normalized spacial score (nSPS) is 17.1. The molecule has 24 nitrogen and oxygen atoms in total. The van der Waals surface area contributed by atoms with E-state index in [4.69, 9.17) is 14.2 Å². The summed E-state index contributed by atoms with van der Waals surface area (Å²) in [6.45, 7) is 1.77. The monoisotopic (exact) mass is 1400 g/mol. The number of anilines is 9. The minimum absolute atomic E-state index is 0.000757. The van der Waals surface area contributed by atoms with Crippen LogP contribution in [-0.2, 0) is 28.8 Å². The van der Waals surface area contributed by atoms with E-state index in [0.717, 1.165) is 83.7 Å². The van der Waals surface area contributed by atoms with Crippen molar-refractivity contribution in [3.8, 4) is 50.6 Å². The van der Waals surface area contributed by atoms with Gasteiger partial charge in [0.15, 0.2) is 19.8 Å². The Bertz CT molecular complexity index is 5130. The van der Waals surface area contributed by atoms with Crippen LogP contribution in [0.5, 0.6) is 17.2 Å². The highest BCUT2D eigenvalue weighted by Gasteiger charge is 2.36. The number of nitrogens with zero attached hydrogens (tertiary/aromatic N) is 3. The van der Waals surface area contributed by atoms with Crippen LogP contribution >= 0.6 is 0 Å². The Morgan fingerprint density at radius 1 is 0.314 bits per heavy atom. The zero-order chi connectivity index (χ0) is 71.8. The van der Waals surface area contributed by atoms with E-state index in [2.05, 4.69) is 46.9 Å². The number of carbonyl (C=O) groups is 6. The van der Waals surface area contributed by atoms with Gasteiger partial charge < -0.3 is 75.8 Å². The van der Waals surface area contributed by atoms with Gasteiger partial charge in [-0.3, -0.25) is 43.2 Å². The first-order valence-electron chi connectivity index (χ1n) is 34.3. The number of hydrogen-bond donors (Lipinski definition) is 9. The number of benzene rings is 9. The van der Waals surface area contributed by atoms with Crippen LogP contribution < -0.4 is 77.5 Å². The number of aromatic nitrogens is 3. The third-order valence-electron chi connectivity index (χ3n) is 19.4. The van der Waals surface area contributed by atoms with Gasteiger partial charge in [-0.1, -0.05) is 91.0 Å². The molecule has 6 amide bonds. The Labute approximate surface area is 598 Å². The number of fused-ring (bicyclic) bond motifs is 6. The Morgan fingerprint density at radius 3 is 0.857 bits per heavy atom. The van der Waals surface area contributed by atoms with Crippen molar-refractivity contribution in [3.63, 3.8) is 0 Å². The number of ether oxygens (including phenoxy) is 3. The molecule has 522 valence electrons. The molecule has 0 bridgehead atoms. The minimum Gasteiger partial charge on any atom is -0.482 e. The maximum absolute atomic E-state index is 13.1. The molecular weight excluding hydrogens is 1330 g/mol. The van der Waals surface area contributed by atoms with Gasteiger partial charge in [0, 0.05) is 123 Å². The average molecular weight is 1400 g/mol. The highest BCUT2D eigenvalue weighted by Crippen LogP contribution is 2.38. The van der Waals surface area contributed by atoms with Crippen molar-refractivity contribution in [1.29, 1.82) is 0 Å². The summed E-state index contributed by atoms with van der Waals surface area (Å²) >= 11 is 0. The number of rotatable bonds is 12. The molecule has 9 heterocycles. The van der Waals surface area contributed by atoms with Crippen molar-refractivity contribution in [3.05, 3.63) is 250 Å². The van der Waals surface area contributed by atoms with Crippen molar-refractivity contribution in [2.45, 2.75) is 37.4 Å². The van der Waals surface area contributed by atoms with Crippen LogP contribution in [0, 0.1) is 0 Å². The second-order valence-electron chi connectivity index (χ2n) is 25.9. The van der Waals surface area contributed by atoms with Crippen LogP contribution in [0.3, 0.4) is 0 Å². The quantitative estimate of drug-likeness (QED) is 0.0549. The molecule has 3 saturated heterocycles. The summed E-state index contributed by atoms with van der Waals surface area (Å²) in [5.74, 6) is 1.21. The third kappa shape index (κ3) is 13.4. The van der Waals surface area contributed by atoms with E-state index in [-0.39, 0.29) is 90.1 Å². The molecule has 3 atom stereocenters. The summed E-state index contributed by atoms with van der Waals surface area (Å²) in [5.41, 5.74) is 12.0. The largest absolute Gasteiger partial charge is 0.482 e. The lowest BCUT2D eigenvalue weighted by atomic mass is 10.0. The number of amides is 6. The number of nitrogens with one attached hydrogen (secondary N) is 9. The fraction of sp³-hybridized carbons (Fsp3) is 0.148. The topological polar surface area (TPSA) is 311 Å². The molecule has 6 aliphatic rings. The van der Waals surface area contributed by atoms with Gasteiger partial charge in [0.2, 0.25) is 17.7 Å². The van der Waals surface area contributed by atoms with E-state index in [1.807, 2.05) is 164 Å². The van der Waals surface area contributed by atoms with Crippen LogP contribution in [0.2, 0.25) is 0 Å². The van der Waals surface area contributed by atoms with Gasteiger partial charge in [0.1, 0.15) is 35.4 Å². The van der Waals surface area contributed by atoms with E-state index in [9.17, 15) is 43.2 Å². The first-order chi connectivity index (χ1) is 51.2. The van der Waals surface area contributed by atoms with Crippen molar-refractivity contribution in [1.82, 2.24) is 15.0 Å². The van der Waals surface area contributed by atoms with Crippen molar-refractivity contribution < 1.29 is 43.0 Å².